The molecule has 168 valence electrons. The summed E-state index contributed by atoms with van der Waals surface area (Å²) in [5, 5.41) is 23.2. The number of benzene rings is 2. The lowest BCUT2D eigenvalue weighted by molar-refractivity contribution is 0.0692. The molecule has 0 spiro atoms. The van der Waals surface area contributed by atoms with Gasteiger partial charge in [0.25, 0.3) is 0 Å². The number of nitrogens with one attached hydrogen (secondary N) is 1. The SMILES string of the molecule is CCCOc1cc(-c2ccc(CCNC[C@@H](O)c3ccc(Cl)nc3)cc2)ccc1C(=O)O. The molecule has 0 saturated heterocycles. The molecule has 1 heterocycles. The first-order chi connectivity index (χ1) is 15.5. The second-order valence-corrected chi connectivity index (χ2v) is 7.83. The van der Waals surface area contributed by atoms with Gasteiger partial charge in [0.05, 0.1) is 12.7 Å². The Bertz CT molecular complexity index is 1020. The molecule has 0 fully saturated rings. The van der Waals surface area contributed by atoms with E-state index in [0.717, 1.165) is 41.6 Å². The van der Waals surface area contributed by atoms with Crippen molar-refractivity contribution in [2.45, 2.75) is 25.9 Å². The summed E-state index contributed by atoms with van der Waals surface area (Å²) in [6, 6.07) is 16.7. The van der Waals surface area contributed by atoms with Gasteiger partial charge in [0.2, 0.25) is 0 Å². The zero-order chi connectivity index (χ0) is 22.9. The number of ether oxygens (including phenoxy) is 1. The summed E-state index contributed by atoms with van der Waals surface area (Å²) in [6.45, 7) is 3.60. The Morgan fingerprint density at radius 3 is 2.53 bits per heavy atom. The van der Waals surface area contributed by atoms with Crippen molar-refractivity contribution in [1.82, 2.24) is 10.3 Å². The van der Waals surface area contributed by atoms with Crippen LogP contribution in [0.25, 0.3) is 11.1 Å². The number of nitrogens with zero attached hydrogens (tertiary/aromatic N) is 1. The summed E-state index contributed by atoms with van der Waals surface area (Å²) in [6.07, 6.45) is 2.56. The van der Waals surface area contributed by atoms with Crippen molar-refractivity contribution in [1.29, 1.82) is 0 Å². The van der Waals surface area contributed by atoms with Crippen LogP contribution >= 0.6 is 11.6 Å². The van der Waals surface area contributed by atoms with Gasteiger partial charge in [-0.15, -0.1) is 0 Å². The number of pyridine rings is 1. The van der Waals surface area contributed by atoms with Crippen molar-refractivity contribution in [2.24, 2.45) is 0 Å². The Morgan fingerprint density at radius 2 is 1.88 bits per heavy atom. The molecule has 0 aliphatic carbocycles. The van der Waals surface area contributed by atoms with Gasteiger partial charge >= 0.3 is 5.97 Å². The molecule has 3 rings (SSSR count). The maximum Gasteiger partial charge on any atom is 0.339 e. The lowest BCUT2D eigenvalue weighted by Crippen LogP contribution is -2.23. The Kier molecular flexibility index (Phi) is 8.62. The summed E-state index contributed by atoms with van der Waals surface area (Å²) in [4.78, 5) is 15.4. The number of carbonyl (C=O) groups is 1. The fraction of sp³-hybridized carbons (Fsp3) is 0.280. The molecule has 0 unspecified atom stereocenters. The van der Waals surface area contributed by atoms with Crippen molar-refractivity contribution < 1.29 is 19.7 Å². The van der Waals surface area contributed by atoms with Gasteiger partial charge in [0, 0.05) is 18.3 Å². The largest absolute Gasteiger partial charge is 0.493 e. The normalized spacial score (nSPS) is 11.8. The third kappa shape index (κ3) is 6.53. The van der Waals surface area contributed by atoms with Crippen LogP contribution in [0.5, 0.6) is 5.75 Å². The molecule has 0 aliphatic heterocycles. The van der Waals surface area contributed by atoms with Crippen LogP contribution in [0.2, 0.25) is 5.15 Å². The average Bonchev–Trinajstić information content (AvgIpc) is 2.81. The van der Waals surface area contributed by atoms with E-state index in [2.05, 4.69) is 10.3 Å². The molecule has 0 bridgehead atoms. The number of aliphatic hydroxyl groups is 1. The Morgan fingerprint density at radius 1 is 1.12 bits per heavy atom. The van der Waals surface area contributed by atoms with Gasteiger partial charge in [0.1, 0.15) is 16.5 Å². The standard InChI is InChI=1S/C25H27ClN2O4/c1-2-13-32-23-14-19(7-9-21(23)25(30)31)18-5-3-17(4-6-18)11-12-27-16-22(29)20-8-10-24(26)28-15-20/h3-10,14-15,22,27,29H,2,11-13,16H2,1H3,(H,30,31)/t22-/m1/s1. The fourth-order valence-corrected chi connectivity index (χ4v) is 3.36. The van der Waals surface area contributed by atoms with Crippen LogP contribution in [0.3, 0.4) is 0 Å². The number of carboxylic acid groups (broad SMARTS) is 1. The van der Waals surface area contributed by atoms with Crippen molar-refractivity contribution >= 4 is 17.6 Å². The second-order valence-electron chi connectivity index (χ2n) is 7.45. The third-order valence-corrected chi connectivity index (χ3v) is 5.25. The van der Waals surface area contributed by atoms with Crippen LogP contribution in [0, 0.1) is 0 Å². The quantitative estimate of drug-likeness (QED) is 0.286. The molecule has 2 aromatic carbocycles. The van der Waals surface area contributed by atoms with E-state index in [1.165, 1.54) is 0 Å². The minimum absolute atomic E-state index is 0.168. The predicted octanol–water partition coefficient (Wildman–Crippen LogP) is 4.75. The van der Waals surface area contributed by atoms with Crippen molar-refractivity contribution in [2.75, 3.05) is 19.7 Å². The molecule has 6 nitrogen and oxygen atoms in total. The van der Waals surface area contributed by atoms with Gasteiger partial charge in [0.15, 0.2) is 0 Å². The fourth-order valence-electron chi connectivity index (χ4n) is 3.25. The highest BCUT2D eigenvalue weighted by Gasteiger charge is 2.13. The minimum Gasteiger partial charge on any atom is -0.493 e. The van der Waals surface area contributed by atoms with E-state index in [9.17, 15) is 15.0 Å². The lowest BCUT2D eigenvalue weighted by Gasteiger charge is -2.12. The zero-order valence-corrected chi connectivity index (χ0v) is 18.7. The molecule has 3 aromatic rings. The van der Waals surface area contributed by atoms with E-state index >= 15 is 0 Å². The molecule has 0 aliphatic rings. The first kappa shape index (κ1) is 23.7. The third-order valence-electron chi connectivity index (χ3n) is 5.02. The monoisotopic (exact) mass is 454 g/mol. The number of halogens is 1. The summed E-state index contributed by atoms with van der Waals surface area (Å²) in [5.41, 5.74) is 3.95. The number of rotatable bonds is 11. The lowest BCUT2D eigenvalue weighted by atomic mass is 10.0. The molecule has 7 heteroatoms. The van der Waals surface area contributed by atoms with Crippen LogP contribution in [0.15, 0.2) is 60.8 Å². The van der Waals surface area contributed by atoms with Crippen LogP contribution in [0.4, 0.5) is 0 Å². The van der Waals surface area contributed by atoms with Crippen LogP contribution in [-0.2, 0) is 6.42 Å². The number of carboxylic acids is 1. The van der Waals surface area contributed by atoms with Crippen LogP contribution < -0.4 is 10.1 Å². The Labute approximate surface area is 192 Å². The molecule has 0 radical (unpaired) electrons. The van der Waals surface area contributed by atoms with E-state index in [-0.39, 0.29) is 5.56 Å². The topological polar surface area (TPSA) is 91.7 Å². The van der Waals surface area contributed by atoms with Gasteiger partial charge < -0.3 is 20.3 Å². The molecular formula is C25H27ClN2O4. The van der Waals surface area contributed by atoms with Crippen molar-refractivity contribution in [3.8, 4) is 16.9 Å². The van der Waals surface area contributed by atoms with E-state index in [1.54, 1.807) is 36.5 Å². The highest BCUT2D eigenvalue weighted by molar-refractivity contribution is 6.29. The Hall–Kier alpha value is -2.93. The molecule has 0 saturated carbocycles. The number of hydrogen-bond acceptors (Lipinski definition) is 5. The van der Waals surface area contributed by atoms with Gasteiger partial charge in [-0.1, -0.05) is 54.9 Å². The summed E-state index contributed by atoms with van der Waals surface area (Å²) in [7, 11) is 0. The maximum atomic E-state index is 11.4. The smallest absolute Gasteiger partial charge is 0.339 e. The number of aliphatic hydroxyl groups excluding tert-OH is 1. The van der Waals surface area contributed by atoms with Crippen LogP contribution in [-0.4, -0.2) is 40.9 Å². The molecule has 32 heavy (non-hydrogen) atoms. The van der Waals surface area contributed by atoms with E-state index < -0.39 is 12.1 Å². The second kappa shape index (κ2) is 11.6. The van der Waals surface area contributed by atoms with Gasteiger partial charge in [-0.3, -0.25) is 0 Å². The zero-order valence-electron chi connectivity index (χ0n) is 17.9. The molecular weight excluding hydrogens is 428 g/mol. The summed E-state index contributed by atoms with van der Waals surface area (Å²) < 4.78 is 5.64. The Balaban J connectivity index is 1.55. The number of hydrogen-bond donors (Lipinski definition) is 3. The van der Waals surface area contributed by atoms with Gasteiger partial charge in [-0.25, -0.2) is 9.78 Å². The highest BCUT2D eigenvalue weighted by Crippen LogP contribution is 2.28. The van der Waals surface area contributed by atoms with Crippen molar-refractivity contribution in [3.05, 3.63) is 82.6 Å². The van der Waals surface area contributed by atoms with E-state index in [1.807, 2.05) is 31.2 Å². The number of aromatic carboxylic acids is 1. The highest BCUT2D eigenvalue weighted by atomic mass is 35.5. The van der Waals surface area contributed by atoms with Gasteiger partial charge in [-0.05, 0) is 54.3 Å². The van der Waals surface area contributed by atoms with E-state index in [0.29, 0.717) is 24.1 Å². The predicted molar refractivity (Wildman–Crippen MR) is 125 cm³/mol. The first-order valence-corrected chi connectivity index (χ1v) is 11.0. The minimum atomic E-state index is -0.997. The van der Waals surface area contributed by atoms with E-state index in [4.69, 9.17) is 16.3 Å². The first-order valence-electron chi connectivity index (χ1n) is 10.6. The maximum absolute atomic E-state index is 11.4. The average molecular weight is 455 g/mol. The molecule has 1 atom stereocenters. The number of aromatic nitrogens is 1. The molecule has 3 N–H and O–H groups in total. The molecule has 0 amide bonds. The van der Waals surface area contributed by atoms with Crippen LogP contribution in [0.1, 0.15) is 40.9 Å². The summed E-state index contributed by atoms with van der Waals surface area (Å²) in [5.74, 6) is -0.609. The van der Waals surface area contributed by atoms with Gasteiger partial charge in [-0.2, -0.15) is 0 Å². The molecule has 1 aromatic heterocycles. The summed E-state index contributed by atoms with van der Waals surface area (Å²) >= 11 is 5.77. The van der Waals surface area contributed by atoms with Crippen molar-refractivity contribution in [3.63, 3.8) is 0 Å².